The van der Waals surface area contributed by atoms with Crippen molar-refractivity contribution in [1.29, 1.82) is 0 Å². The molecule has 0 aliphatic heterocycles. The monoisotopic (exact) mass is 211 g/mol. The van der Waals surface area contributed by atoms with Gasteiger partial charge in [-0.3, -0.25) is 4.79 Å². The van der Waals surface area contributed by atoms with Gasteiger partial charge in [0.05, 0.1) is 0 Å². The first-order valence-electron chi connectivity index (χ1n) is 4.30. The van der Waals surface area contributed by atoms with Crippen LogP contribution in [-0.4, -0.2) is 22.9 Å². The minimum Gasteiger partial charge on any atom is -0.480 e. The van der Waals surface area contributed by atoms with Crippen LogP contribution in [0.15, 0.2) is 29.2 Å². The number of thioether (sulfide) groups is 1. The molecule has 1 rings (SSSR count). The van der Waals surface area contributed by atoms with Crippen molar-refractivity contribution in [3.8, 4) is 0 Å². The third-order valence-electron chi connectivity index (χ3n) is 1.85. The molecule has 0 aromatic heterocycles. The van der Waals surface area contributed by atoms with Crippen LogP contribution < -0.4 is 5.73 Å². The van der Waals surface area contributed by atoms with Gasteiger partial charge in [-0.1, -0.05) is 18.2 Å². The summed E-state index contributed by atoms with van der Waals surface area (Å²) in [4.78, 5) is 11.7. The van der Waals surface area contributed by atoms with Crippen molar-refractivity contribution in [2.24, 2.45) is 5.73 Å². The van der Waals surface area contributed by atoms with Gasteiger partial charge >= 0.3 is 5.97 Å². The summed E-state index contributed by atoms with van der Waals surface area (Å²) in [7, 11) is 0. The molecule has 0 amide bonds. The molecule has 0 fully saturated rings. The van der Waals surface area contributed by atoms with Crippen molar-refractivity contribution in [2.75, 3.05) is 6.54 Å². The molecule has 14 heavy (non-hydrogen) atoms. The number of rotatable bonds is 4. The van der Waals surface area contributed by atoms with Gasteiger partial charge in [0.1, 0.15) is 5.25 Å². The molecule has 0 saturated carbocycles. The maximum Gasteiger partial charge on any atom is 0.318 e. The molecule has 4 heteroatoms. The second kappa shape index (κ2) is 5.02. The third kappa shape index (κ3) is 2.75. The topological polar surface area (TPSA) is 63.3 Å². The Labute approximate surface area is 87.3 Å². The SMILES string of the molecule is Cc1ccccc1SC(CN)C(=O)O. The summed E-state index contributed by atoms with van der Waals surface area (Å²) in [6.07, 6.45) is 0. The van der Waals surface area contributed by atoms with Crippen molar-refractivity contribution in [3.05, 3.63) is 29.8 Å². The van der Waals surface area contributed by atoms with Crippen molar-refractivity contribution < 1.29 is 9.90 Å². The van der Waals surface area contributed by atoms with Crippen LogP contribution in [0, 0.1) is 6.92 Å². The third-order valence-corrected chi connectivity index (χ3v) is 3.24. The van der Waals surface area contributed by atoms with E-state index in [4.69, 9.17) is 10.8 Å². The summed E-state index contributed by atoms with van der Waals surface area (Å²) in [5.41, 5.74) is 6.45. The Balaban J connectivity index is 2.77. The highest BCUT2D eigenvalue weighted by Crippen LogP contribution is 2.25. The van der Waals surface area contributed by atoms with E-state index in [-0.39, 0.29) is 6.54 Å². The average Bonchev–Trinajstić information content (AvgIpc) is 2.16. The van der Waals surface area contributed by atoms with Gasteiger partial charge in [0.15, 0.2) is 0 Å². The lowest BCUT2D eigenvalue weighted by Crippen LogP contribution is -2.25. The highest BCUT2D eigenvalue weighted by molar-refractivity contribution is 8.00. The number of carboxylic acid groups (broad SMARTS) is 1. The second-order valence-corrected chi connectivity index (χ2v) is 4.19. The largest absolute Gasteiger partial charge is 0.480 e. The maximum absolute atomic E-state index is 10.7. The lowest BCUT2D eigenvalue weighted by molar-refractivity contribution is -0.136. The molecule has 3 nitrogen and oxygen atoms in total. The first-order valence-corrected chi connectivity index (χ1v) is 5.18. The zero-order valence-electron chi connectivity index (χ0n) is 7.93. The molecule has 0 radical (unpaired) electrons. The molecule has 1 unspecified atom stereocenters. The normalized spacial score (nSPS) is 12.4. The highest BCUT2D eigenvalue weighted by Gasteiger charge is 2.17. The van der Waals surface area contributed by atoms with E-state index in [1.165, 1.54) is 11.8 Å². The summed E-state index contributed by atoms with van der Waals surface area (Å²) >= 11 is 1.30. The Hall–Kier alpha value is -1.00. The molecule has 1 atom stereocenters. The number of hydrogen-bond donors (Lipinski definition) is 2. The van der Waals surface area contributed by atoms with Gasteiger partial charge in [0, 0.05) is 11.4 Å². The van der Waals surface area contributed by atoms with E-state index in [0.717, 1.165) is 10.5 Å². The number of carbonyl (C=O) groups is 1. The highest BCUT2D eigenvalue weighted by atomic mass is 32.2. The van der Waals surface area contributed by atoms with Crippen molar-refractivity contribution in [2.45, 2.75) is 17.1 Å². The Morgan fingerprint density at radius 3 is 2.71 bits per heavy atom. The molecule has 0 saturated heterocycles. The molecule has 76 valence electrons. The summed E-state index contributed by atoms with van der Waals surface area (Å²) in [5.74, 6) is -0.860. The van der Waals surface area contributed by atoms with Crippen molar-refractivity contribution >= 4 is 17.7 Å². The number of benzene rings is 1. The van der Waals surface area contributed by atoms with E-state index < -0.39 is 11.2 Å². The number of nitrogens with two attached hydrogens (primary N) is 1. The van der Waals surface area contributed by atoms with Crippen LogP contribution in [-0.2, 0) is 4.79 Å². The van der Waals surface area contributed by atoms with E-state index >= 15 is 0 Å². The van der Waals surface area contributed by atoms with Gasteiger partial charge in [0.25, 0.3) is 0 Å². The van der Waals surface area contributed by atoms with Gasteiger partial charge in [-0.05, 0) is 18.6 Å². The first-order chi connectivity index (χ1) is 6.65. The van der Waals surface area contributed by atoms with Crippen LogP contribution in [0.2, 0.25) is 0 Å². The Morgan fingerprint density at radius 1 is 1.57 bits per heavy atom. The smallest absolute Gasteiger partial charge is 0.318 e. The van der Waals surface area contributed by atoms with Crippen LogP contribution in [0.1, 0.15) is 5.56 Å². The minimum absolute atomic E-state index is 0.147. The fraction of sp³-hybridized carbons (Fsp3) is 0.300. The number of carboxylic acids is 1. The van der Waals surface area contributed by atoms with Gasteiger partial charge < -0.3 is 10.8 Å². The molecule has 0 bridgehead atoms. The maximum atomic E-state index is 10.7. The molecule has 1 aromatic carbocycles. The molecule has 3 N–H and O–H groups in total. The van der Waals surface area contributed by atoms with Crippen molar-refractivity contribution in [1.82, 2.24) is 0 Å². The number of hydrogen-bond acceptors (Lipinski definition) is 3. The molecule has 0 aliphatic rings. The summed E-state index contributed by atoms with van der Waals surface area (Å²) < 4.78 is 0. The van der Waals surface area contributed by atoms with Crippen LogP contribution in [0.25, 0.3) is 0 Å². The van der Waals surface area contributed by atoms with Crippen LogP contribution >= 0.6 is 11.8 Å². The van der Waals surface area contributed by atoms with Gasteiger partial charge in [0.2, 0.25) is 0 Å². The van der Waals surface area contributed by atoms with Gasteiger partial charge in [-0.25, -0.2) is 0 Å². The van der Waals surface area contributed by atoms with E-state index in [9.17, 15) is 4.79 Å². The fourth-order valence-electron chi connectivity index (χ4n) is 1.04. The molecular weight excluding hydrogens is 198 g/mol. The fourth-order valence-corrected chi connectivity index (χ4v) is 1.96. The first kappa shape index (κ1) is 11.1. The number of aliphatic carboxylic acids is 1. The van der Waals surface area contributed by atoms with Gasteiger partial charge in [-0.15, -0.1) is 11.8 Å². The lowest BCUT2D eigenvalue weighted by Gasteiger charge is -2.10. The van der Waals surface area contributed by atoms with Crippen LogP contribution in [0.4, 0.5) is 0 Å². The van der Waals surface area contributed by atoms with Crippen molar-refractivity contribution in [3.63, 3.8) is 0 Å². The van der Waals surface area contributed by atoms with E-state index in [1.54, 1.807) is 0 Å². The lowest BCUT2D eigenvalue weighted by atomic mass is 10.2. The number of aryl methyl sites for hydroxylation is 1. The minimum atomic E-state index is -0.860. The Kier molecular flexibility index (Phi) is 3.98. The molecular formula is C10H13NO2S. The zero-order valence-corrected chi connectivity index (χ0v) is 8.75. The Morgan fingerprint density at radius 2 is 2.21 bits per heavy atom. The van der Waals surface area contributed by atoms with Gasteiger partial charge in [-0.2, -0.15) is 0 Å². The summed E-state index contributed by atoms with van der Waals surface area (Å²) in [6.45, 7) is 2.10. The summed E-state index contributed by atoms with van der Waals surface area (Å²) in [5, 5.41) is 8.27. The second-order valence-electron chi connectivity index (χ2n) is 2.95. The molecule has 0 aliphatic carbocycles. The molecule has 0 heterocycles. The van der Waals surface area contributed by atoms with E-state index in [0.29, 0.717) is 0 Å². The zero-order chi connectivity index (χ0) is 10.6. The molecule has 0 spiro atoms. The summed E-state index contributed by atoms with van der Waals surface area (Å²) in [6, 6.07) is 7.69. The predicted molar refractivity (Wildman–Crippen MR) is 57.5 cm³/mol. The van der Waals surface area contributed by atoms with Crippen LogP contribution in [0.5, 0.6) is 0 Å². The van der Waals surface area contributed by atoms with E-state index in [1.807, 2.05) is 31.2 Å². The standard InChI is InChI=1S/C10H13NO2S/c1-7-4-2-3-5-8(7)14-9(6-11)10(12)13/h2-5,9H,6,11H2,1H3,(H,12,13). The quantitative estimate of drug-likeness (QED) is 0.741. The predicted octanol–water partition coefficient (Wildman–Crippen LogP) is 1.50. The van der Waals surface area contributed by atoms with Crippen LogP contribution in [0.3, 0.4) is 0 Å². The average molecular weight is 211 g/mol. The van der Waals surface area contributed by atoms with E-state index in [2.05, 4.69) is 0 Å². The Bertz CT molecular complexity index is 328. The molecule has 1 aromatic rings.